The molecular formula is C40H58FN7O5. The Morgan fingerprint density at radius 2 is 1.57 bits per heavy atom. The highest BCUT2D eigenvalue weighted by molar-refractivity contribution is 6.00. The quantitative estimate of drug-likeness (QED) is 0.352. The van der Waals surface area contributed by atoms with Crippen molar-refractivity contribution in [1.82, 2.24) is 36.4 Å². The first-order valence-corrected chi connectivity index (χ1v) is 18.9. The first-order valence-electron chi connectivity index (χ1n) is 18.9. The van der Waals surface area contributed by atoms with Gasteiger partial charge in [-0.05, 0) is 48.8 Å². The molecule has 0 unspecified atom stereocenters. The monoisotopic (exact) mass is 735 g/mol. The van der Waals surface area contributed by atoms with Crippen molar-refractivity contribution in [3.63, 3.8) is 0 Å². The number of hydrazine groups is 2. The largest absolute Gasteiger partial charge is 0.486 e. The van der Waals surface area contributed by atoms with Gasteiger partial charge in [-0.25, -0.2) is 4.39 Å². The molecule has 4 amide bonds. The van der Waals surface area contributed by atoms with E-state index in [-0.39, 0.29) is 41.6 Å². The maximum absolute atomic E-state index is 14.4. The molecule has 0 radical (unpaired) electrons. The van der Waals surface area contributed by atoms with Gasteiger partial charge in [-0.1, -0.05) is 83.7 Å². The lowest BCUT2D eigenvalue weighted by Crippen LogP contribution is -2.59. The van der Waals surface area contributed by atoms with E-state index in [0.29, 0.717) is 25.1 Å². The van der Waals surface area contributed by atoms with Gasteiger partial charge in [-0.2, -0.15) is 0 Å². The van der Waals surface area contributed by atoms with Crippen LogP contribution in [-0.4, -0.2) is 90.4 Å². The minimum absolute atomic E-state index is 0.00701. The Kier molecular flexibility index (Phi) is 15.5. The topological polar surface area (TPSA) is 135 Å². The highest BCUT2D eigenvalue weighted by atomic mass is 19.1. The van der Waals surface area contributed by atoms with Crippen LogP contribution in [0, 0.1) is 17.7 Å². The number of amides is 4. The van der Waals surface area contributed by atoms with Crippen molar-refractivity contribution in [2.24, 2.45) is 11.8 Å². The number of benzene rings is 2. The van der Waals surface area contributed by atoms with Crippen LogP contribution in [0.1, 0.15) is 88.6 Å². The molecule has 2 aromatic carbocycles. The lowest BCUT2D eigenvalue weighted by Gasteiger charge is -2.37. The van der Waals surface area contributed by atoms with Crippen LogP contribution in [0.2, 0.25) is 0 Å². The second-order valence-electron chi connectivity index (χ2n) is 14.9. The maximum Gasteiger partial charge on any atom is 0.255 e. The van der Waals surface area contributed by atoms with E-state index in [1.165, 1.54) is 21.9 Å². The number of ether oxygens (including phenoxy) is 1. The average Bonchev–Trinajstić information content (AvgIpc) is 3.58. The molecule has 4 rings (SSSR count). The molecular weight excluding hydrogens is 677 g/mol. The van der Waals surface area contributed by atoms with Gasteiger partial charge in [0.1, 0.15) is 36.3 Å². The van der Waals surface area contributed by atoms with Crippen LogP contribution in [0.3, 0.4) is 0 Å². The third kappa shape index (κ3) is 11.9. The van der Waals surface area contributed by atoms with E-state index in [4.69, 9.17) is 4.74 Å². The van der Waals surface area contributed by atoms with Crippen molar-refractivity contribution in [2.45, 2.75) is 97.2 Å². The molecule has 2 aliphatic heterocycles. The van der Waals surface area contributed by atoms with Crippen LogP contribution >= 0.6 is 0 Å². The Morgan fingerprint density at radius 3 is 2.26 bits per heavy atom. The van der Waals surface area contributed by atoms with E-state index in [2.05, 4.69) is 21.6 Å². The van der Waals surface area contributed by atoms with Gasteiger partial charge in [0.2, 0.25) is 17.7 Å². The minimum atomic E-state index is -0.997. The van der Waals surface area contributed by atoms with Crippen molar-refractivity contribution < 1.29 is 28.3 Å². The molecule has 53 heavy (non-hydrogen) atoms. The van der Waals surface area contributed by atoms with Gasteiger partial charge in [0.25, 0.3) is 5.91 Å². The summed E-state index contributed by atoms with van der Waals surface area (Å²) in [5.41, 5.74) is 7.84. The van der Waals surface area contributed by atoms with Crippen LogP contribution in [0.25, 0.3) is 0 Å². The summed E-state index contributed by atoms with van der Waals surface area (Å²) < 4.78 is 20.4. The highest BCUT2D eigenvalue weighted by Gasteiger charge is 2.39. The average molecular weight is 736 g/mol. The third-order valence-corrected chi connectivity index (χ3v) is 9.72. The number of halogens is 1. The van der Waals surface area contributed by atoms with E-state index in [0.717, 1.165) is 56.7 Å². The minimum Gasteiger partial charge on any atom is -0.486 e. The van der Waals surface area contributed by atoms with Crippen molar-refractivity contribution in [3.05, 3.63) is 77.4 Å². The number of rotatable bonds is 5. The van der Waals surface area contributed by atoms with E-state index < -0.39 is 35.8 Å². The van der Waals surface area contributed by atoms with Gasteiger partial charge >= 0.3 is 0 Å². The Balaban J connectivity index is 1.64. The zero-order chi connectivity index (χ0) is 38.5. The summed E-state index contributed by atoms with van der Waals surface area (Å²) >= 11 is 0. The SMILES string of the molecule is CC(C)C[C@H]1NC(=O)c2ccc(F)cc2OCC2=CN(CCCCCCCCNC(=O)[C@H](Cc3ccccc3)N(C)C(=O)[C@@H](C(C)C)N(C)C1=O)NN2. The Morgan fingerprint density at radius 1 is 0.868 bits per heavy atom. The molecule has 4 N–H and O–H groups in total. The molecule has 0 aromatic heterocycles. The summed E-state index contributed by atoms with van der Waals surface area (Å²) in [6.45, 7) is 8.91. The van der Waals surface area contributed by atoms with Gasteiger partial charge in [0.05, 0.1) is 11.3 Å². The van der Waals surface area contributed by atoms with Gasteiger partial charge < -0.3 is 30.6 Å². The fourth-order valence-electron chi connectivity index (χ4n) is 6.81. The summed E-state index contributed by atoms with van der Waals surface area (Å²) in [5.74, 6) is -2.52. The summed E-state index contributed by atoms with van der Waals surface area (Å²) in [7, 11) is 3.18. The summed E-state index contributed by atoms with van der Waals surface area (Å²) in [6, 6.07) is 10.5. The molecule has 13 heteroatoms. The Hall–Kier alpha value is -4.65. The van der Waals surface area contributed by atoms with Gasteiger partial charge in [-0.15, -0.1) is 5.53 Å². The van der Waals surface area contributed by atoms with E-state index in [1.54, 1.807) is 14.1 Å². The van der Waals surface area contributed by atoms with Crippen LogP contribution in [0.4, 0.5) is 4.39 Å². The second-order valence-corrected chi connectivity index (χ2v) is 14.9. The highest BCUT2D eigenvalue weighted by Crippen LogP contribution is 2.23. The van der Waals surface area contributed by atoms with Gasteiger partial charge in [0.15, 0.2) is 0 Å². The fraction of sp³-hybridized carbons (Fsp3) is 0.550. The third-order valence-electron chi connectivity index (χ3n) is 9.72. The number of fused-ring (bicyclic) bond motifs is 2. The van der Waals surface area contributed by atoms with Crippen LogP contribution in [0.5, 0.6) is 5.75 Å². The smallest absolute Gasteiger partial charge is 0.255 e. The predicted octanol–water partition coefficient (Wildman–Crippen LogP) is 4.54. The number of nitrogens with zero attached hydrogens (tertiary/aromatic N) is 3. The number of nitrogens with one attached hydrogen (secondary N) is 4. The molecule has 0 fully saturated rings. The van der Waals surface area contributed by atoms with E-state index >= 15 is 0 Å². The lowest BCUT2D eigenvalue weighted by molar-refractivity contribution is -0.150. The Labute approximate surface area is 313 Å². The number of carbonyl (C=O) groups excluding carboxylic acids is 4. The molecule has 2 aliphatic rings. The zero-order valence-electron chi connectivity index (χ0n) is 32.1. The van der Waals surface area contributed by atoms with Crippen molar-refractivity contribution >= 4 is 23.6 Å². The van der Waals surface area contributed by atoms with Crippen molar-refractivity contribution in [3.8, 4) is 5.75 Å². The zero-order valence-corrected chi connectivity index (χ0v) is 32.1. The number of likely N-dealkylation sites (N-methyl/N-ethyl adjacent to an activating group) is 2. The van der Waals surface area contributed by atoms with E-state index in [9.17, 15) is 23.6 Å². The predicted molar refractivity (Wildman–Crippen MR) is 202 cm³/mol. The first kappa shape index (κ1) is 41.1. The van der Waals surface area contributed by atoms with Crippen LogP contribution in [0.15, 0.2) is 60.4 Å². The fourth-order valence-corrected chi connectivity index (χ4v) is 6.81. The molecule has 0 aliphatic carbocycles. The van der Waals surface area contributed by atoms with Gasteiger partial charge in [-0.3, -0.25) is 24.2 Å². The maximum atomic E-state index is 14.4. The molecule has 3 atom stereocenters. The summed E-state index contributed by atoms with van der Waals surface area (Å²) in [5, 5.41) is 7.86. The first-order chi connectivity index (χ1) is 25.3. The number of carbonyl (C=O) groups is 4. The number of hydrogen-bond donors (Lipinski definition) is 4. The normalized spacial score (nSPS) is 22.2. The van der Waals surface area contributed by atoms with Crippen LogP contribution in [-0.2, 0) is 20.8 Å². The van der Waals surface area contributed by atoms with Crippen molar-refractivity contribution in [2.75, 3.05) is 33.8 Å². The molecule has 290 valence electrons. The molecule has 2 heterocycles. The standard InChI is InChI=1S/C40H58FN7O5/c1-27(2)22-33-39(51)47(6)36(28(3)4)40(52)46(5)34(23-29-16-12-11-13-17-29)38(50)42-20-14-9-7-8-10-15-21-48-25-31(44-45-48)26-53-35-24-30(41)18-19-32(35)37(49)43-33/h11-13,16-19,24-25,27-28,33-34,36,44-45H,7-10,14-15,20-23,26H2,1-6H3,(H,42,50)(H,43,49)/t33-,34+,36-/m1/s1. The number of hydrogen-bond acceptors (Lipinski definition) is 8. The molecule has 2 bridgehead atoms. The molecule has 0 saturated carbocycles. The lowest BCUT2D eigenvalue weighted by atomic mass is 9.96. The Bertz CT molecular complexity index is 1570. The van der Waals surface area contributed by atoms with E-state index in [1.807, 2.05) is 69.2 Å². The molecule has 12 nitrogen and oxygen atoms in total. The summed E-state index contributed by atoms with van der Waals surface area (Å²) in [4.78, 5) is 59.1. The van der Waals surface area contributed by atoms with Crippen molar-refractivity contribution in [1.29, 1.82) is 0 Å². The van der Waals surface area contributed by atoms with Gasteiger partial charge in [0, 0.05) is 45.9 Å². The second kappa shape index (κ2) is 20.0. The molecule has 0 saturated heterocycles. The molecule has 0 spiro atoms. The van der Waals surface area contributed by atoms with Crippen LogP contribution < -0.4 is 26.3 Å². The molecule has 2 aromatic rings. The summed E-state index contributed by atoms with van der Waals surface area (Å²) in [6.07, 6.45) is 8.40.